The van der Waals surface area contributed by atoms with E-state index < -0.39 is 0 Å². The maximum Gasteiger partial charge on any atom is 0.226 e. The number of hydrogen-bond acceptors (Lipinski definition) is 6. The Morgan fingerprint density at radius 3 is 2.85 bits per heavy atom. The third-order valence-electron chi connectivity index (χ3n) is 2.97. The summed E-state index contributed by atoms with van der Waals surface area (Å²) in [5.74, 6) is 1.66. The number of nitrogens with one attached hydrogen (secondary N) is 1. The predicted octanol–water partition coefficient (Wildman–Crippen LogP) is 2.90. The van der Waals surface area contributed by atoms with Crippen molar-refractivity contribution in [3.8, 4) is 0 Å². The van der Waals surface area contributed by atoms with Crippen molar-refractivity contribution in [2.24, 2.45) is 0 Å². The van der Waals surface area contributed by atoms with Crippen molar-refractivity contribution in [1.82, 2.24) is 9.97 Å². The molecule has 0 aliphatic heterocycles. The summed E-state index contributed by atoms with van der Waals surface area (Å²) in [6.07, 6.45) is 0. The van der Waals surface area contributed by atoms with Gasteiger partial charge >= 0.3 is 0 Å². The van der Waals surface area contributed by atoms with Crippen LogP contribution in [0, 0.1) is 6.92 Å². The van der Waals surface area contributed by atoms with Crippen LogP contribution >= 0.6 is 11.3 Å². The second kappa shape index (κ2) is 6.85. The monoisotopic (exact) mass is 294 g/mol. The molecule has 6 heteroatoms. The Morgan fingerprint density at radius 2 is 2.15 bits per heavy atom. The minimum Gasteiger partial charge on any atom is -0.380 e. The largest absolute Gasteiger partial charge is 0.380 e. The number of ether oxygens (including phenoxy) is 1. The van der Waals surface area contributed by atoms with E-state index in [9.17, 15) is 0 Å². The van der Waals surface area contributed by atoms with Gasteiger partial charge < -0.3 is 15.0 Å². The molecule has 0 bridgehead atoms. The summed E-state index contributed by atoms with van der Waals surface area (Å²) in [7, 11) is 2.05. The molecule has 0 saturated heterocycles. The van der Waals surface area contributed by atoms with Crippen LogP contribution in [0.3, 0.4) is 0 Å². The fourth-order valence-corrected chi connectivity index (χ4v) is 2.88. The van der Waals surface area contributed by atoms with E-state index in [0.717, 1.165) is 35.7 Å². The molecule has 0 atom stereocenters. The lowest BCUT2D eigenvalue weighted by Crippen LogP contribution is -2.24. The van der Waals surface area contributed by atoms with Crippen LogP contribution in [0.2, 0.25) is 0 Å². The van der Waals surface area contributed by atoms with Crippen molar-refractivity contribution in [3.63, 3.8) is 0 Å². The molecule has 2 rings (SSSR count). The Morgan fingerprint density at radius 1 is 1.35 bits per heavy atom. The van der Waals surface area contributed by atoms with E-state index >= 15 is 0 Å². The molecule has 0 spiro atoms. The Hall–Kier alpha value is -1.40. The summed E-state index contributed by atoms with van der Waals surface area (Å²) in [6, 6.07) is 2.15. The van der Waals surface area contributed by atoms with Crippen LogP contribution in [0.5, 0.6) is 0 Å². The van der Waals surface area contributed by atoms with E-state index in [0.29, 0.717) is 12.6 Å². The van der Waals surface area contributed by atoms with Crippen molar-refractivity contribution in [1.29, 1.82) is 0 Å². The van der Waals surface area contributed by atoms with Crippen molar-refractivity contribution in [2.45, 2.75) is 20.8 Å². The Bertz CT molecular complexity index is 570. The van der Waals surface area contributed by atoms with Crippen molar-refractivity contribution in [3.05, 3.63) is 10.9 Å². The minimum atomic E-state index is 0.695. The van der Waals surface area contributed by atoms with Crippen LogP contribution in [0.1, 0.15) is 18.7 Å². The maximum absolute atomic E-state index is 5.42. The highest BCUT2D eigenvalue weighted by molar-refractivity contribution is 7.18. The lowest BCUT2D eigenvalue weighted by Gasteiger charge is -2.19. The molecule has 0 aliphatic carbocycles. The van der Waals surface area contributed by atoms with E-state index in [-0.39, 0.29) is 0 Å². The van der Waals surface area contributed by atoms with Gasteiger partial charge in [0.1, 0.15) is 10.6 Å². The molecular formula is C14H22N4OS. The smallest absolute Gasteiger partial charge is 0.226 e. The van der Waals surface area contributed by atoms with Gasteiger partial charge in [-0.3, -0.25) is 0 Å². The zero-order valence-electron chi connectivity index (χ0n) is 12.6. The van der Waals surface area contributed by atoms with Crippen molar-refractivity contribution < 1.29 is 4.74 Å². The van der Waals surface area contributed by atoms with E-state index in [1.165, 1.54) is 4.88 Å². The van der Waals surface area contributed by atoms with Gasteiger partial charge in [0, 0.05) is 31.6 Å². The van der Waals surface area contributed by atoms with Gasteiger partial charge in [0.2, 0.25) is 5.95 Å². The Balaban J connectivity index is 2.33. The molecule has 2 aromatic heterocycles. The van der Waals surface area contributed by atoms with Crippen molar-refractivity contribution >= 4 is 33.3 Å². The third kappa shape index (κ3) is 3.37. The average Bonchev–Trinajstić information content (AvgIpc) is 2.78. The maximum atomic E-state index is 5.42. The lowest BCUT2D eigenvalue weighted by molar-refractivity contribution is 0.154. The van der Waals surface area contributed by atoms with Gasteiger partial charge in [-0.2, -0.15) is 4.98 Å². The molecule has 5 nitrogen and oxygen atoms in total. The summed E-state index contributed by atoms with van der Waals surface area (Å²) in [6.45, 7) is 9.24. The summed E-state index contributed by atoms with van der Waals surface area (Å²) in [5, 5.41) is 4.32. The molecule has 0 aliphatic rings. The molecular weight excluding hydrogens is 272 g/mol. The molecule has 2 aromatic rings. The zero-order valence-corrected chi connectivity index (χ0v) is 13.4. The average molecular weight is 294 g/mol. The quantitative estimate of drug-likeness (QED) is 0.796. The molecule has 1 N–H and O–H groups in total. The Kier molecular flexibility index (Phi) is 5.14. The number of likely N-dealkylation sites (N-methyl/N-ethyl adjacent to an activating group) is 1. The first-order valence-electron chi connectivity index (χ1n) is 6.96. The SMILES string of the molecule is CCNc1nc(N(C)CCOCC)c2cc(C)sc2n1. The van der Waals surface area contributed by atoms with Crippen LogP contribution in [0.25, 0.3) is 10.2 Å². The number of aromatic nitrogens is 2. The van der Waals surface area contributed by atoms with Crippen LogP contribution < -0.4 is 10.2 Å². The number of anilines is 2. The summed E-state index contributed by atoms with van der Waals surface area (Å²) < 4.78 is 5.42. The molecule has 0 unspecified atom stereocenters. The summed E-state index contributed by atoms with van der Waals surface area (Å²) in [4.78, 5) is 13.6. The number of rotatable bonds is 7. The molecule has 2 heterocycles. The fraction of sp³-hybridized carbons (Fsp3) is 0.571. The number of thiophene rings is 1. The first kappa shape index (κ1) is 15.0. The van der Waals surface area contributed by atoms with E-state index in [2.05, 4.69) is 33.2 Å². The topological polar surface area (TPSA) is 50.3 Å². The molecule has 0 aromatic carbocycles. The molecule has 110 valence electrons. The highest BCUT2D eigenvalue weighted by Crippen LogP contribution is 2.31. The minimum absolute atomic E-state index is 0.695. The van der Waals surface area contributed by atoms with Crippen LogP contribution in [0.15, 0.2) is 6.07 Å². The van der Waals surface area contributed by atoms with Gasteiger partial charge in [0.05, 0.1) is 12.0 Å². The molecule has 0 amide bonds. The van der Waals surface area contributed by atoms with Crippen LogP contribution in [0.4, 0.5) is 11.8 Å². The van der Waals surface area contributed by atoms with E-state index in [1.807, 2.05) is 20.9 Å². The number of nitrogens with zero attached hydrogens (tertiary/aromatic N) is 3. The number of hydrogen-bond donors (Lipinski definition) is 1. The normalized spacial score (nSPS) is 11.0. The van der Waals surface area contributed by atoms with Gasteiger partial charge in [0.25, 0.3) is 0 Å². The molecule has 0 fully saturated rings. The second-order valence-corrected chi connectivity index (χ2v) is 5.83. The fourth-order valence-electron chi connectivity index (χ4n) is 2.01. The lowest BCUT2D eigenvalue weighted by atomic mass is 10.3. The highest BCUT2D eigenvalue weighted by Gasteiger charge is 2.13. The van der Waals surface area contributed by atoms with E-state index in [1.54, 1.807) is 11.3 Å². The Labute approximate surface area is 124 Å². The highest BCUT2D eigenvalue weighted by atomic mass is 32.1. The van der Waals surface area contributed by atoms with Crippen LogP contribution in [-0.2, 0) is 4.74 Å². The first-order valence-corrected chi connectivity index (χ1v) is 7.78. The third-order valence-corrected chi connectivity index (χ3v) is 3.91. The second-order valence-electron chi connectivity index (χ2n) is 4.60. The van der Waals surface area contributed by atoms with Crippen LogP contribution in [-0.4, -0.2) is 43.3 Å². The number of fused-ring (bicyclic) bond motifs is 1. The van der Waals surface area contributed by atoms with Gasteiger partial charge in [-0.05, 0) is 26.8 Å². The van der Waals surface area contributed by atoms with Gasteiger partial charge in [-0.15, -0.1) is 11.3 Å². The van der Waals surface area contributed by atoms with Gasteiger partial charge in [0.15, 0.2) is 0 Å². The first-order chi connectivity index (χ1) is 9.65. The predicted molar refractivity (Wildman–Crippen MR) is 86.1 cm³/mol. The zero-order chi connectivity index (χ0) is 14.5. The van der Waals surface area contributed by atoms with Crippen molar-refractivity contribution in [2.75, 3.05) is 43.6 Å². The molecule has 0 saturated carbocycles. The van der Waals surface area contributed by atoms with Gasteiger partial charge in [-0.1, -0.05) is 0 Å². The number of aryl methyl sites for hydroxylation is 1. The summed E-state index contributed by atoms with van der Waals surface area (Å²) in [5.41, 5.74) is 0. The van der Waals surface area contributed by atoms with E-state index in [4.69, 9.17) is 4.74 Å². The van der Waals surface area contributed by atoms with Gasteiger partial charge in [-0.25, -0.2) is 4.98 Å². The molecule has 0 radical (unpaired) electrons. The summed E-state index contributed by atoms with van der Waals surface area (Å²) >= 11 is 1.70. The standard InChI is InChI=1S/C14H22N4OS/c1-5-15-14-16-12(18(4)7-8-19-6-2)11-9-10(3)20-13(11)17-14/h9H,5-8H2,1-4H3,(H,15,16,17). The molecule has 20 heavy (non-hydrogen) atoms.